The van der Waals surface area contributed by atoms with Crippen molar-refractivity contribution in [2.75, 3.05) is 0 Å². The number of benzene rings is 1. The van der Waals surface area contributed by atoms with E-state index in [2.05, 4.69) is 4.98 Å². The molecule has 1 heterocycles. The van der Waals surface area contributed by atoms with Crippen LogP contribution in [0.25, 0.3) is 11.1 Å². The summed E-state index contributed by atoms with van der Waals surface area (Å²) in [4.78, 5) is 14.3. The Bertz CT molecular complexity index is 621. The quantitative estimate of drug-likeness (QED) is 0.852. The summed E-state index contributed by atoms with van der Waals surface area (Å²) in [5.41, 5.74) is -3.89. The van der Waals surface area contributed by atoms with E-state index in [9.17, 15) is 18.0 Å². The number of fused-ring (bicyclic) bond motifs is 1. The van der Waals surface area contributed by atoms with E-state index in [1.807, 2.05) is 0 Å². The molecule has 1 N–H and O–H groups in total. The molecule has 8 heteroatoms. The lowest BCUT2D eigenvalue weighted by atomic mass is 10.2. The molecular formula is C10H6F3NO3S. The van der Waals surface area contributed by atoms with E-state index in [1.54, 1.807) is 0 Å². The van der Waals surface area contributed by atoms with Crippen LogP contribution in [-0.4, -0.2) is 21.6 Å². The largest absolute Gasteiger partial charge is 0.474 e. The monoisotopic (exact) mass is 277 g/mol. The number of hydrogen-bond acceptors (Lipinski definition) is 4. The molecule has 0 saturated heterocycles. The third kappa shape index (κ3) is 2.42. The van der Waals surface area contributed by atoms with Gasteiger partial charge in [0.15, 0.2) is 5.58 Å². The van der Waals surface area contributed by atoms with E-state index in [0.29, 0.717) is 0 Å². The Hall–Kier alpha value is -1.70. The van der Waals surface area contributed by atoms with E-state index in [0.717, 1.165) is 0 Å². The molecular weight excluding hydrogens is 271 g/mol. The van der Waals surface area contributed by atoms with Gasteiger partial charge in [-0.05, 0) is 36.4 Å². The highest BCUT2D eigenvalue weighted by Crippen LogP contribution is 2.40. The molecule has 2 aromatic rings. The smallest absolute Gasteiger partial charge is 0.446 e. The standard InChI is InChI=1S/C10H6F3NO3S/c1-4-6(18-10(11,12)13)3-2-5-7(4)14-8(17-5)9(15)16/h2-3H,1H3,(H,15,16). The topological polar surface area (TPSA) is 63.3 Å². The molecule has 0 saturated carbocycles. The Morgan fingerprint density at radius 2 is 2.11 bits per heavy atom. The van der Waals surface area contributed by atoms with Gasteiger partial charge in [-0.3, -0.25) is 0 Å². The van der Waals surface area contributed by atoms with Crippen LogP contribution in [0.5, 0.6) is 0 Å². The van der Waals surface area contributed by atoms with Crippen molar-refractivity contribution in [2.24, 2.45) is 0 Å². The van der Waals surface area contributed by atoms with Gasteiger partial charge >= 0.3 is 17.4 Å². The van der Waals surface area contributed by atoms with E-state index in [4.69, 9.17) is 9.52 Å². The highest BCUT2D eigenvalue weighted by Gasteiger charge is 2.30. The van der Waals surface area contributed by atoms with Crippen molar-refractivity contribution < 1.29 is 27.5 Å². The molecule has 96 valence electrons. The number of alkyl halides is 3. The third-order valence-electron chi connectivity index (χ3n) is 2.17. The second-order valence-electron chi connectivity index (χ2n) is 3.41. The highest BCUT2D eigenvalue weighted by atomic mass is 32.2. The molecule has 0 radical (unpaired) electrons. The number of rotatable bonds is 2. The fraction of sp³-hybridized carbons (Fsp3) is 0.200. The van der Waals surface area contributed by atoms with Gasteiger partial charge in [0, 0.05) is 4.90 Å². The summed E-state index contributed by atoms with van der Waals surface area (Å²) in [5, 5.41) is 8.69. The molecule has 0 amide bonds. The van der Waals surface area contributed by atoms with Crippen molar-refractivity contribution in [3.63, 3.8) is 0 Å². The van der Waals surface area contributed by atoms with Crippen LogP contribution in [0.1, 0.15) is 16.2 Å². The summed E-state index contributed by atoms with van der Waals surface area (Å²) < 4.78 is 41.7. The number of aromatic nitrogens is 1. The lowest BCUT2D eigenvalue weighted by molar-refractivity contribution is -0.0328. The van der Waals surface area contributed by atoms with Crippen molar-refractivity contribution >= 4 is 28.8 Å². The number of thioether (sulfide) groups is 1. The van der Waals surface area contributed by atoms with Gasteiger partial charge in [-0.15, -0.1) is 0 Å². The summed E-state index contributed by atoms with van der Waals surface area (Å²) in [6.07, 6.45) is 0. The zero-order valence-electron chi connectivity index (χ0n) is 8.91. The van der Waals surface area contributed by atoms with Crippen molar-refractivity contribution in [1.82, 2.24) is 4.98 Å². The lowest BCUT2D eigenvalue weighted by Crippen LogP contribution is -2.00. The van der Waals surface area contributed by atoms with Gasteiger partial charge in [0.2, 0.25) is 0 Å². The summed E-state index contributed by atoms with van der Waals surface area (Å²) in [6, 6.07) is 2.50. The minimum Gasteiger partial charge on any atom is -0.474 e. The number of hydrogen-bond donors (Lipinski definition) is 1. The van der Waals surface area contributed by atoms with Gasteiger partial charge in [0.05, 0.1) is 0 Å². The number of carbonyl (C=O) groups is 1. The first-order chi connectivity index (χ1) is 8.28. The molecule has 0 spiro atoms. The Morgan fingerprint density at radius 3 is 2.67 bits per heavy atom. The van der Waals surface area contributed by atoms with Crippen LogP contribution >= 0.6 is 11.8 Å². The minimum atomic E-state index is -4.40. The molecule has 0 unspecified atom stereocenters. The molecule has 0 aliphatic rings. The first-order valence-corrected chi connectivity index (χ1v) is 5.49. The molecule has 0 atom stereocenters. The van der Waals surface area contributed by atoms with Gasteiger partial charge in [-0.2, -0.15) is 13.2 Å². The van der Waals surface area contributed by atoms with Gasteiger partial charge in [0.1, 0.15) is 5.52 Å². The molecule has 0 fully saturated rings. The molecule has 1 aromatic carbocycles. The number of halogens is 3. The molecule has 18 heavy (non-hydrogen) atoms. The number of aromatic carboxylic acids is 1. The Balaban J connectivity index is 2.53. The van der Waals surface area contributed by atoms with Crippen LogP contribution in [-0.2, 0) is 0 Å². The fourth-order valence-corrected chi connectivity index (χ4v) is 2.07. The SMILES string of the molecule is Cc1c(SC(F)(F)F)ccc2oc(C(=O)O)nc12. The Morgan fingerprint density at radius 1 is 1.44 bits per heavy atom. The van der Waals surface area contributed by atoms with Crippen LogP contribution in [0.3, 0.4) is 0 Å². The summed E-state index contributed by atoms with van der Waals surface area (Å²) in [5.74, 6) is -1.90. The van der Waals surface area contributed by atoms with Crippen LogP contribution in [0, 0.1) is 6.92 Å². The number of carboxylic acids is 1. The maximum absolute atomic E-state index is 12.3. The average Bonchev–Trinajstić information content (AvgIpc) is 2.65. The number of oxazole rings is 1. The van der Waals surface area contributed by atoms with Crippen molar-refractivity contribution in [3.05, 3.63) is 23.6 Å². The maximum atomic E-state index is 12.3. The number of carboxylic acid groups (broad SMARTS) is 1. The minimum absolute atomic E-state index is 0.0276. The van der Waals surface area contributed by atoms with Crippen LogP contribution in [0.2, 0.25) is 0 Å². The third-order valence-corrected chi connectivity index (χ3v) is 3.07. The molecule has 0 aliphatic heterocycles. The van der Waals surface area contributed by atoms with Crippen LogP contribution in [0.4, 0.5) is 13.2 Å². The van der Waals surface area contributed by atoms with Gasteiger partial charge in [-0.1, -0.05) is 0 Å². The summed E-state index contributed by atoms with van der Waals surface area (Å²) >= 11 is -0.269. The van der Waals surface area contributed by atoms with Gasteiger partial charge in [0.25, 0.3) is 0 Å². The zero-order valence-corrected chi connectivity index (χ0v) is 9.72. The molecule has 2 rings (SSSR count). The van der Waals surface area contributed by atoms with Gasteiger partial charge < -0.3 is 9.52 Å². The second kappa shape index (κ2) is 4.20. The lowest BCUT2D eigenvalue weighted by Gasteiger charge is -2.07. The van der Waals surface area contributed by atoms with Crippen molar-refractivity contribution in [3.8, 4) is 0 Å². The van der Waals surface area contributed by atoms with Gasteiger partial charge in [-0.25, -0.2) is 9.78 Å². The zero-order chi connectivity index (χ0) is 13.5. The van der Waals surface area contributed by atoms with E-state index >= 15 is 0 Å². The summed E-state index contributed by atoms with van der Waals surface area (Å²) in [7, 11) is 0. The Kier molecular flexibility index (Phi) is 2.97. The number of aryl methyl sites for hydroxylation is 1. The highest BCUT2D eigenvalue weighted by molar-refractivity contribution is 8.00. The predicted molar refractivity (Wildman–Crippen MR) is 57.6 cm³/mol. The molecule has 1 aromatic heterocycles. The molecule has 4 nitrogen and oxygen atoms in total. The fourth-order valence-electron chi connectivity index (χ4n) is 1.43. The van der Waals surface area contributed by atoms with Crippen LogP contribution < -0.4 is 0 Å². The molecule has 0 bridgehead atoms. The van der Waals surface area contributed by atoms with E-state index < -0.39 is 17.4 Å². The number of nitrogens with zero attached hydrogens (tertiary/aromatic N) is 1. The Labute approximate surface area is 103 Å². The second-order valence-corrected chi connectivity index (χ2v) is 4.51. The maximum Gasteiger partial charge on any atom is 0.446 e. The molecule has 0 aliphatic carbocycles. The van der Waals surface area contributed by atoms with Crippen molar-refractivity contribution in [2.45, 2.75) is 17.3 Å². The van der Waals surface area contributed by atoms with Crippen LogP contribution in [0.15, 0.2) is 21.4 Å². The normalized spacial score (nSPS) is 12.0. The predicted octanol–water partition coefficient (Wildman–Crippen LogP) is 3.45. The first kappa shape index (κ1) is 12.7. The average molecular weight is 277 g/mol. The van der Waals surface area contributed by atoms with E-state index in [1.165, 1.54) is 19.1 Å². The first-order valence-electron chi connectivity index (χ1n) is 4.67. The summed E-state index contributed by atoms with van der Waals surface area (Å²) in [6.45, 7) is 1.44. The van der Waals surface area contributed by atoms with E-state index in [-0.39, 0.29) is 33.3 Å². The van der Waals surface area contributed by atoms with Crippen molar-refractivity contribution in [1.29, 1.82) is 0 Å².